The lowest BCUT2D eigenvalue weighted by molar-refractivity contribution is -0.906. The summed E-state index contributed by atoms with van der Waals surface area (Å²) in [4.78, 5) is 1.37. The van der Waals surface area contributed by atoms with Gasteiger partial charge in [0.15, 0.2) is 0 Å². The Morgan fingerprint density at radius 2 is 1.95 bits per heavy atom. The van der Waals surface area contributed by atoms with Gasteiger partial charge in [0.2, 0.25) is 10.0 Å². The first-order chi connectivity index (χ1) is 9.57. The van der Waals surface area contributed by atoms with Crippen molar-refractivity contribution in [1.29, 1.82) is 0 Å². The number of morpholine rings is 1. The van der Waals surface area contributed by atoms with Gasteiger partial charge in [0.25, 0.3) is 0 Å². The molecule has 2 rings (SSSR count). The minimum atomic E-state index is -3.34. The van der Waals surface area contributed by atoms with Crippen LogP contribution in [0.2, 0.25) is 5.02 Å². The maximum absolute atomic E-state index is 12.0. The molecule has 1 saturated heterocycles. The number of hydrogen-bond acceptors (Lipinski definition) is 3. The summed E-state index contributed by atoms with van der Waals surface area (Å²) in [5.74, 6) is -0.0783. The van der Waals surface area contributed by atoms with Crippen LogP contribution >= 0.6 is 11.6 Å². The molecule has 0 radical (unpaired) electrons. The van der Waals surface area contributed by atoms with E-state index in [-0.39, 0.29) is 5.75 Å². The Balaban J connectivity index is 1.80. The predicted molar refractivity (Wildman–Crippen MR) is 78.5 cm³/mol. The Labute approximate surface area is 124 Å². The number of quaternary nitrogens is 1. The van der Waals surface area contributed by atoms with Gasteiger partial charge < -0.3 is 9.64 Å². The molecule has 0 atom stereocenters. The Kier molecular flexibility index (Phi) is 5.80. The molecule has 2 N–H and O–H groups in total. The molecule has 1 aliphatic rings. The van der Waals surface area contributed by atoms with Crippen LogP contribution in [0.1, 0.15) is 5.56 Å². The maximum atomic E-state index is 12.0. The molecule has 0 saturated carbocycles. The SMILES string of the molecule is O=S(=O)(Cc1ccccc1Cl)NCC[NH+]1CCOCC1. The Bertz CT molecular complexity index is 530. The van der Waals surface area contributed by atoms with Crippen LogP contribution in [-0.2, 0) is 20.5 Å². The highest BCUT2D eigenvalue weighted by atomic mass is 35.5. The number of hydrogen-bond donors (Lipinski definition) is 2. The first-order valence-corrected chi connectivity index (χ1v) is 8.72. The van der Waals surface area contributed by atoms with E-state index < -0.39 is 10.0 Å². The molecular weight excluding hydrogens is 300 g/mol. The van der Waals surface area contributed by atoms with Gasteiger partial charge in [0, 0.05) is 5.02 Å². The van der Waals surface area contributed by atoms with E-state index in [0.29, 0.717) is 17.1 Å². The van der Waals surface area contributed by atoms with Gasteiger partial charge in [-0.05, 0) is 11.6 Å². The van der Waals surface area contributed by atoms with Gasteiger partial charge in [-0.2, -0.15) is 0 Å². The lowest BCUT2D eigenvalue weighted by Crippen LogP contribution is -3.14. The quantitative estimate of drug-likeness (QED) is 0.755. The molecule has 1 aromatic rings. The number of rotatable bonds is 6. The smallest absolute Gasteiger partial charge is 0.216 e. The standard InChI is InChI=1S/C13H19ClN2O3S/c14-13-4-2-1-3-12(13)11-20(17,18)15-5-6-16-7-9-19-10-8-16/h1-4,15H,5-11H2/p+1. The van der Waals surface area contributed by atoms with Crippen LogP contribution in [0.25, 0.3) is 0 Å². The Hall–Kier alpha value is -0.660. The van der Waals surface area contributed by atoms with Crippen molar-refractivity contribution >= 4 is 21.6 Å². The summed E-state index contributed by atoms with van der Waals surface area (Å²) in [6, 6.07) is 7.00. The van der Waals surface area contributed by atoms with Gasteiger partial charge in [-0.25, -0.2) is 13.1 Å². The molecule has 1 fully saturated rings. The fourth-order valence-corrected chi connectivity index (χ4v) is 3.62. The van der Waals surface area contributed by atoms with Gasteiger partial charge >= 0.3 is 0 Å². The minimum absolute atomic E-state index is 0.0783. The zero-order chi connectivity index (χ0) is 14.4. The monoisotopic (exact) mass is 319 g/mol. The summed E-state index contributed by atoms with van der Waals surface area (Å²) in [6.45, 7) is 4.61. The van der Waals surface area contributed by atoms with Crippen LogP contribution in [0.15, 0.2) is 24.3 Å². The maximum Gasteiger partial charge on any atom is 0.216 e. The zero-order valence-corrected chi connectivity index (χ0v) is 12.8. The predicted octanol–water partition coefficient (Wildman–Crippen LogP) is -0.325. The van der Waals surface area contributed by atoms with Gasteiger partial charge in [-0.15, -0.1) is 0 Å². The largest absolute Gasteiger partial charge is 0.370 e. The van der Waals surface area contributed by atoms with Crippen LogP contribution in [0.4, 0.5) is 0 Å². The molecule has 20 heavy (non-hydrogen) atoms. The molecule has 0 unspecified atom stereocenters. The molecule has 0 bridgehead atoms. The van der Waals surface area contributed by atoms with E-state index >= 15 is 0 Å². The third-order valence-electron chi connectivity index (χ3n) is 3.30. The number of ether oxygens (including phenoxy) is 1. The highest BCUT2D eigenvalue weighted by molar-refractivity contribution is 7.88. The molecule has 5 nitrogen and oxygen atoms in total. The third kappa shape index (κ3) is 5.03. The molecule has 1 aromatic carbocycles. The molecule has 0 aromatic heterocycles. The van der Waals surface area contributed by atoms with Crippen molar-refractivity contribution in [3.05, 3.63) is 34.9 Å². The van der Waals surface area contributed by atoms with E-state index in [2.05, 4.69) is 4.72 Å². The molecule has 0 aliphatic carbocycles. The van der Waals surface area contributed by atoms with E-state index in [1.807, 2.05) is 0 Å². The highest BCUT2D eigenvalue weighted by Gasteiger charge is 2.16. The van der Waals surface area contributed by atoms with E-state index in [4.69, 9.17) is 16.3 Å². The topological polar surface area (TPSA) is 59.8 Å². The number of sulfonamides is 1. The van der Waals surface area contributed by atoms with Crippen LogP contribution in [0.5, 0.6) is 0 Å². The van der Waals surface area contributed by atoms with Crippen molar-refractivity contribution in [2.24, 2.45) is 0 Å². The first kappa shape index (κ1) is 15.7. The van der Waals surface area contributed by atoms with Gasteiger partial charge in [0.1, 0.15) is 13.1 Å². The van der Waals surface area contributed by atoms with Gasteiger partial charge in [-0.1, -0.05) is 29.8 Å². The molecule has 0 amide bonds. The second kappa shape index (κ2) is 7.38. The summed E-state index contributed by atoms with van der Waals surface area (Å²) in [5, 5.41) is 0.483. The summed E-state index contributed by atoms with van der Waals surface area (Å²) in [6.07, 6.45) is 0. The van der Waals surface area contributed by atoms with E-state index in [1.54, 1.807) is 24.3 Å². The van der Waals surface area contributed by atoms with Crippen molar-refractivity contribution in [3.8, 4) is 0 Å². The Morgan fingerprint density at radius 3 is 2.65 bits per heavy atom. The summed E-state index contributed by atoms with van der Waals surface area (Å²) in [5.41, 5.74) is 0.625. The van der Waals surface area contributed by atoms with Crippen LogP contribution in [0, 0.1) is 0 Å². The molecule has 7 heteroatoms. The fraction of sp³-hybridized carbons (Fsp3) is 0.538. The van der Waals surface area contributed by atoms with E-state index in [1.165, 1.54) is 4.90 Å². The summed E-state index contributed by atoms with van der Waals surface area (Å²) >= 11 is 5.98. The molecule has 1 heterocycles. The average Bonchev–Trinajstić information content (AvgIpc) is 2.42. The van der Waals surface area contributed by atoms with E-state index in [0.717, 1.165) is 32.8 Å². The van der Waals surface area contributed by atoms with Crippen LogP contribution in [-0.4, -0.2) is 47.8 Å². The normalized spacial score (nSPS) is 17.2. The second-order valence-corrected chi connectivity index (χ2v) is 7.07. The van der Waals surface area contributed by atoms with Crippen molar-refractivity contribution < 1.29 is 18.1 Å². The van der Waals surface area contributed by atoms with Gasteiger partial charge in [-0.3, -0.25) is 0 Å². The number of benzene rings is 1. The van der Waals surface area contributed by atoms with Crippen molar-refractivity contribution in [2.75, 3.05) is 39.4 Å². The molecule has 112 valence electrons. The summed E-state index contributed by atoms with van der Waals surface area (Å²) in [7, 11) is -3.34. The molecular formula is C13H20ClN2O3S+. The molecule has 0 spiro atoms. The van der Waals surface area contributed by atoms with Crippen molar-refractivity contribution in [1.82, 2.24) is 4.72 Å². The second-order valence-electron chi connectivity index (χ2n) is 4.86. The van der Waals surface area contributed by atoms with Gasteiger partial charge in [0.05, 0.1) is 32.1 Å². The lowest BCUT2D eigenvalue weighted by atomic mass is 10.2. The van der Waals surface area contributed by atoms with Crippen molar-refractivity contribution in [2.45, 2.75) is 5.75 Å². The lowest BCUT2D eigenvalue weighted by Gasteiger charge is -2.23. The van der Waals surface area contributed by atoms with Crippen LogP contribution in [0.3, 0.4) is 0 Å². The summed E-state index contributed by atoms with van der Waals surface area (Å²) < 4.78 is 31.9. The third-order valence-corrected chi connectivity index (χ3v) is 5.01. The average molecular weight is 320 g/mol. The van der Waals surface area contributed by atoms with E-state index in [9.17, 15) is 8.42 Å². The zero-order valence-electron chi connectivity index (χ0n) is 11.3. The minimum Gasteiger partial charge on any atom is -0.370 e. The Morgan fingerprint density at radius 1 is 1.25 bits per heavy atom. The van der Waals surface area contributed by atoms with Crippen LogP contribution < -0.4 is 9.62 Å². The number of halogens is 1. The fourth-order valence-electron chi connectivity index (χ4n) is 2.16. The molecule has 1 aliphatic heterocycles. The highest BCUT2D eigenvalue weighted by Crippen LogP contribution is 2.16. The number of nitrogens with one attached hydrogen (secondary N) is 2. The van der Waals surface area contributed by atoms with Crippen molar-refractivity contribution in [3.63, 3.8) is 0 Å². The first-order valence-electron chi connectivity index (χ1n) is 6.69.